The molecule has 3 unspecified atom stereocenters. The van der Waals surface area contributed by atoms with Crippen LogP contribution in [0.5, 0.6) is 0 Å². The van der Waals surface area contributed by atoms with Crippen LogP contribution in [0.3, 0.4) is 0 Å². The molecule has 2 bridgehead atoms. The van der Waals surface area contributed by atoms with Gasteiger partial charge >= 0.3 is 0 Å². The van der Waals surface area contributed by atoms with E-state index < -0.39 is 28.7 Å². The van der Waals surface area contributed by atoms with Gasteiger partial charge in [-0.05, 0) is 43.1 Å². The van der Waals surface area contributed by atoms with Crippen molar-refractivity contribution in [3.05, 3.63) is 35.9 Å². The molecule has 3 aliphatic heterocycles. The number of thioether (sulfide) groups is 1. The van der Waals surface area contributed by atoms with Crippen LogP contribution in [0.25, 0.3) is 0 Å². The van der Waals surface area contributed by atoms with E-state index in [2.05, 4.69) is 31.4 Å². The Balaban J connectivity index is 1.46. The predicted octanol–water partition coefficient (Wildman–Crippen LogP) is 3.50. The summed E-state index contributed by atoms with van der Waals surface area (Å²) in [7, 11) is 0. The van der Waals surface area contributed by atoms with Crippen LogP contribution < -0.4 is 10.6 Å². The average Bonchev–Trinajstić information content (AvgIpc) is 3.50. The normalized spacial score (nSPS) is 33.4. The van der Waals surface area contributed by atoms with Crippen molar-refractivity contribution in [2.24, 2.45) is 23.7 Å². The number of nitrogens with zero attached hydrogens (tertiary/aromatic N) is 1. The van der Waals surface area contributed by atoms with Crippen LogP contribution in [-0.4, -0.2) is 62.5 Å². The Bertz CT molecular complexity index is 1030. The molecule has 208 valence electrons. The Kier molecular flexibility index (Phi) is 8.11. The number of aliphatic hydroxyl groups is 1. The number of carbonyl (C=O) groups excluding carboxylic acids is 3. The van der Waals surface area contributed by atoms with Gasteiger partial charge in [-0.2, -0.15) is 0 Å². The SMILES string of the molecule is CC(C)C[C@H](CO)N1C(=O)[C@@H]2[C@@H](C(=O)NCc3ccccc3)[C@H]3CC(C)C2(S3)C1C(=O)NC1CCCCC1. The van der Waals surface area contributed by atoms with Crippen LogP contribution in [0, 0.1) is 23.7 Å². The third kappa shape index (κ3) is 4.76. The molecular formula is C30H43N3O4S. The monoisotopic (exact) mass is 541 g/mol. The molecule has 5 rings (SSSR count). The first kappa shape index (κ1) is 27.5. The highest BCUT2D eigenvalue weighted by molar-refractivity contribution is 8.02. The number of carbonyl (C=O) groups is 3. The zero-order valence-electron chi connectivity index (χ0n) is 22.9. The topological polar surface area (TPSA) is 98.7 Å². The minimum atomic E-state index is -0.672. The number of amides is 3. The predicted molar refractivity (Wildman–Crippen MR) is 149 cm³/mol. The molecule has 3 N–H and O–H groups in total. The zero-order chi connectivity index (χ0) is 27.0. The summed E-state index contributed by atoms with van der Waals surface area (Å²) < 4.78 is -0.653. The van der Waals surface area contributed by atoms with Crippen LogP contribution >= 0.6 is 11.8 Å². The van der Waals surface area contributed by atoms with Gasteiger partial charge in [-0.25, -0.2) is 0 Å². The van der Waals surface area contributed by atoms with E-state index >= 15 is 0 Å². The van der Waals surface area contributed by atoms with Gasteiger partial charge in [0.05, 0.1) is 29.2 Å². The van der Waals surface area contributed by atoms with Crippen LogP contribution in [0.15, 0.2) is 30.3 Å². The number of hydrogen-bond donors (Lipinski definition) is 3. The molecule has 0 aromatic heterocycles. The maximum Gasteiger partial charge on any atom is 0.244 e. The van der Waals surface area contributed by atoms with Gasteiger partial charge < -0.3 is 20.6 Å². The molecule has 8 heteroatoms. The van der Waals surface area contributed by atoms with Gasteiger partial charge in [-0.15, -0.1) is 11.8 Å². The maximum absolute atomic E-state index is 14.3. The van der Waals surface area contributed by atoms with Crippen molar-refractivity contribution in [2.75, 3.05) is 6.61 Å². The number of fused-ring (bicyclic) bond motifs is 1. The lowest BCUT2D eigenvalue weighted by Gasteiger charge is -2.41. The van der Waals surface area contributed by atoms with E-state index in [1.165, 1.54) is 6.42 Å². The van der Waals surface area contributed by atoms with Crippen molar-refractivity contribution in [3.8, 4) is 0 Å². The highest BCUT2D eigenvalue weighted by atomic mass is 32.2. The molecule has 7 atom stereocenters. The fourth-order valence-electron chi connectivity index (χ4n) is 7.70. The summed E-state index contributed by atoms with van der Waals surface area (Å²) in [6.07, 6.45) is 6.77. The second kappa shape index (κ2) is 11.2. The summed E-state index contributed by atoms with van der Waals surface area (Å²) in [4.78, 5) is 43.9. The largest absolute Gasteiger partial charge is 0.394 e. The van der Waals surface area contributed by atoms with Crippen LogP contribution in [0.1, 0.15) is 71.3 Å². The van der Waals surface area contributed by atoms with Gasteiger partial charge in [0.1, 0.15) is 6.04 Å². The highest BCUT2D eigenvalue weighted by Crippen LogP contribution is 2.68. The van der Waals surface area contributed by atoms with E-state index in [9.17, 15) is 19.5 Å². The summed E-state index contributed by atoms with van der Waals surface area (Å²) in [5.41, 5.74) is 1.01. The molecule has 7 nitrogen and oxygen atoms in total. The lowest BCUT2D eigenvalue weighted by molar-refractivity contribution is -0.143. The van der Waals surface area contributed by atoms with Gasteiger partial charge in [0, 0.05) is 17.8 Å². The minimum Gasteiger partial charge on any atom is -0.394 e. The van der Waals surface area contributed by atoms with Crippen LogP contribution in [0.2, 0.25) is 0 Å². The third-order valence-electron chi connectivity index (χ3n) is 9.34. The molecule has 1 aliphatic carbocycles. The van der Waals surface area contributed by atoms with Crippen molar-refractivity contribution in [3.63, 3.8) is 0 Å². The van der Waals surface area contributed by atoms with Crippen LogP contribution in [-0.2, 0) is 20.9 Å². The number of benzene rings is 1. The number of hydrogen-bond acceptors (Lipinski definition) is 5. The Morgan fingerprint density at radius 3 is 2.50 bits per heavy atom. The van der Waals surface area contributed by atoms with Crippen molar-refractivity contribution in [1.82, 2.24) is 15.5 Å². The molecule has 3 saturated heterocycles. The van der Waals surface area contributed by atoms with E-state index in [-0.39, 0.29) is 47.5 Å². The third-order valence-corrected chi connectivity index (χ3v) is 11.4. The quantitative estimate of drug-likeness (QED) is 0.445. The lowest BCUT2D eigenvalue weighted by Crippen LogP contribution is -2.60. The first-order valence-corrected chi connectivity index (χ1v) is 15.4. The molecule has 1 spiro atoms. The minimum absolute atomic E-state index is 0.0135. The standard InChI is InChI=1S/C30H43N3O4S/c1-18(2)14-22(17-34)33-26(28(36)32-21-12-8-5-9-13-21)30-19(3)15-23(38-30)24(25(30)29(33)37)27(35)31-16-20-10-6-4-7-11-20/h4,6-7,10-11,18-19,21-26,34H,5,8-9,12-17H2,1-3H3,(H,31,35)(H,32,36)/t19?,22-,23-,24+,25+,26?,30?/m1/s1. The molecule has 3 amide bonds. The molecule has 1 aromatic rings. The fourth-order valence-corrected chi connectivity index (χ4v) is 10.1. The van der Waals surface area contributed by atoms with Gasteiger partial charge in [0.25, 0.3) is 0 Å². The second-order valence-corrected chi connectivity index (χ2v) is 13.9. The average molecular weight is 542 g/mol. The van der Waals surface area contributed by atoms with E-state index in [1.54, 1.807) is 16.7 Å². The van der Waals surface area contributed by atoms with E-state index in [0.29, 0.717) is 13.0 Å². The Morgan fingerprint density at radius 2 is 1.84 bits per heavy atom. The van der Waals surface area contributed by atoms with Crippen molar-refractivity contribution >= 4 is 29.5 Å². The maximum atomic E-state index is 14.3. The second-order valence-electron chi connectivity index (χ2n) is 12.3. The van der Waals surface area contributed by atoms with E-state index in [4.69, 9.17) is 0 Å². The van der Waals surface area contributed by atoms with E-state index in [1.807, 2.05) is 30.3 Å². The van der Waals surface area contributed by atoms with Gasteiger partial charge in [0.2, 0.25) is 17.7 Å². The van der Waals surface area contributed by atoms with Gasteiger partial charge in [-0.3, -0.25) is 14.4 Å². The molecule has 4 fully saturated rings. The molecule has 38 heavy (non-hydrogen) atoms. The molecule has 3 heterocycles. The summed E-state index contributed by atoms with van der Waals surface area (Å²) >= 11 is 1.70. The first-order chi connectivity index (χ1) is 18.3. The summed E-state index contributed by atoms with van der Waals surface area (Å²) in [5, 5.41) is 16.9. The summed E-state index contributed by atoms with van der Waals surface area (Å²) in [6.45, 7) is 6.52. The molecular weight excluding hydrogens is 498 g/mol. The Morgan fingerprint density at radius 1 is 1.13 bits per heavy atom. The Labute approximate surface area is 230 Å². The van der Waals surface area contributed by atoms with Crippen molar-refractivity contribution in [1.29, 1.82) is 0 Å². The number of likely N-dealkylation sites (tertiary alicyclic amines) is 1. The van der Waals surface area contributed by atoms with Gasteiger partial charge in [0.15, 0.2) is 0 Å². The lowest BCUT2D eigenvalue weighted by atomic mass is 9.65. The van der Waals surface area contributed by atoms with Gasteiger partial charge in [-0.1, -0.05) is 70.4 Å². The summed E-state index contributed by atoms with van der Waals surface area (Å²) in [6, 6.07) is 8.81. The molecule has 1 aromatic carbocycles. The fraction of sp³-hybridized carbons (Fsp3) is 0.700. The number of nitrogens with one attached hydrogen (secondary N) is 2. The highest BCUT2D eigenvalue weighted by Gasteiger charge is 2.76. The smallest absolute Gasteiger partial charge is 0.244 e. The molecule has 0 radical (unpaired) electrons. The molecule has 1 saturated carbocycles. The van der Waals surface area contributed by atoms with Crippen molar-refractivity contribution < 1.29 is 19.5 Å². The van der Waals surface area contributed by atoms with Crippen molar-refractivity contribution in [2.45, 2.75) is 100 Å². The summed E-state index contributed by atoms with van der Waals surface area (Å²) in [5.74, 6) is -0.978. The molecule has 4 aliphatic rings. The number of aliphatic hydroxyl groups excluding tert-OH is 1. The Hall–Kier alpha value is -2.06. The zero-order valence-corrected chi connectivity index (χ0v) is 23.7. The first-order valence-electron chi connectivity index (χ1n) is 14.5. The van der Waals surface area contributed by atoms with E-state index in [0.717, 1.165) is 37.7 Å². The number of rotatable bonds is 9. The van der Waals surface area contributed by atoms with Crippen LogP contribution in [0.4, 0.5) is 0 Å².